The minimum Gasteiger partial charge on any atom is -0.588 e. The average Bonchev–Trinajstić information content (AvgIpc) is 3.19. The Hall–Kier alpha value is -2.41. The van der Waals surface area contributed by atoms with Crippen molar-refractivity contribution in [2.45, 2.75) is 40.5 Å². The number of nitrogens with two attached hydrogens (primary N) is 1. The molecule has 162 valence electrons. The van der Waals surface area contributed by atoms with Crippen molar-refractivity contribution in [2.24, 2.45) is 5.73 Å². The molecule has 1 unspecified atom stereocenters. The highest BCUT2D eigenvalue weighted by Crippen LogP contribution is 2.56. The summed E-state index contributed by atoms with van der Waals surface area (Å²) in [5.74, 6) is 1.44. The standard InChI is InChI=1S/C7H11N3O.C7H9N3.CH4.H2O5P2/c1-5-4-9-7(10-5)3-2-6(8)11;1-6-5-9-7(10-6)3-4-8-2;;1-6(2)7(3,4)5/h4H,2-3H2,1H3,(H2,8,11)(H,9,10);5H,3-4H2,1H3,(H,9,10);1H4;(H2,3,4,5). The van der Waals surface area contributed by atoms with Crippen LogP contribution in [0.25, 0.3) is 4.85 Å². The molecule has 0 spiro atoms. The zero-order valence-corrected chi connectivity index (χ0v) is 17.1. The van der Waals surface area contributed by atoms with Crippen molar-refractivity contribution < 1.29 is 28.6 Å². The Morgan fingerprint density at radius 1 is 1.24 bits per heavy atom. The zero-order chi connectivity index (χ0) is 21.7. The number of amides is 1. The van der Waals surface area contributed by atoms with E-state index in [1.807, 2.05) is 13.8 Å². The highest BCUT2D eigenvalue weighted by molar-refractivity contribution is 8.19. The van der Waals surface area contributed by atoms with Gasteiger partial charge in [-0.2, -0.15) is 0 Å². The molecule has 0 fully saturated rings. The maximum atomic E-state index is 10.4. The Kier molecular flexibility index (Phi) is 14.5. The third kappa shape index (κ3) is 15.2. The lowest BCUT2D eigenvalue weighted by atomic mass is 10.3. The van der Waals surface area contributed by atoms with E-state index in [1.54, 1.807) is 12.4 Å². The molecule has 0 saturated heterocycles. The van der Waals surface area contributed by atoms with Crippen molar-refractivity contribution in [3.63, 3.8) is 0 Å². The second-order valence-corrected chi connectivity index (χ2v) is 9.42. The number of nitrogens with one attached hydrogen (secondary N) is 2. The van der Waals surface area contributed by atoms with E-state index >= 15 is 0 Å². The van der Waals surface area contributed by atoms with E-state index in [1.165, 1.54) is 0 Å². The molecule has 6 N–H and O–H groups in total. The van der Waals surface area contributed by atoms with Crippen LogP contribution in [0.1, 0.15) is 36.9 Å². The first-order valence-corrected chi connectivity index (χ1v) is 11.3. The van der Waals surface area contributed by atoms with Gasteiger partial charge in [-0.3, -0.25) is 14.6 Å². The van der Waals surface area contributed by atoms with Crippen LogP contribution < -0.4 is 10.6 Å². The number of aromatic amines is 2. The van der Waals surface area contributed by atoms with Gasteiger partial charge in [0.2, 0.25) is 12.5 Å². The number of hydrogen-bond acceptors (Lipinski definition) is 6. The molecule has 2 aromatic rings. The molecule has 2 rings (SSSR count). The summed E-state index contributed by atoms with van der Waals surface area (Å²) < 4.78 is 18.7. The minimum atomic E-state index is -4.78. The summed E-state index contributed by atoms with van der Waals surface area (Å²) in [4.78, 5) is 52.3. The van der Waals surface area contributed by atoms with Gasteiger partial charge in [0, 0.05) is 36.6 Å². The fourth-order valence-corrected chi connectivity index (χ4v) is 1.59. The smallest absolute Gasteiger partial charge is 0.561 e. The van der Waals surface area contributed by atoms with Crippen molar-refractivity contribution in [2.75, 3.05) is 6.54 Å². The number of imidazole rings is 2. The summed E-state index contributed by atoms with van der Waals surface area (Å²) in [5.41, 5.74) is 7.03. The van der Waals surface area contributed by atoms with Crippen LogP contribution >= 0.6 is 15.0 Å². The Morgan fingerprint density at radius 2 is 1.66 bits per heavy atom. The number of aromatic nitrogens is 4. The Morgan fingerprint density at radius 3 is 1.93 bits per heavy atom. The third-order valence-corrected chi connectivity index (χ3v) is 4.49. The summed E-state index contributed by atoms with van der Waals surface area (Å²) in [5, 5.41) is 0. The van der Waals surface area contributed by atoms with Crippen molar-refractivity contribution in [3.8, 4) is 0 Å². The highest BCUT2D eigenvalue weighted by Gasteiger charge is 2.30. The summed E-state index contributed by atoms with van der Waals surface area (Å²) >= 11 is 0. The van der Waals surface area contributed by atoms with Crippen molar-refractivity contribution in [1.29, 1.82) is 0 Å². The molecule has 1 amide bonds. The maximum absolute atomic E-state index is 10.4. The second kappa shape index (κ2) is 14.6. The zero-order valence-electron chi connectivity index (χ0n) is 15.3. The molecule has 0 radical (unpaired) electrons. The molecule has 0 aliphatic heterocycles. The van der Waals surface area contributed by atoms with Gasteiger partial charge in [-0.15, -0.1) is 0 Å². The van der Waals surface area contributed by atoms with Gasteiger partial charge < -0.3 is 25.4 Å². The Labute approximate surface area is 169 Å². The molecule has 0 bridgehead atoms. The fraction of sp³-hybridized carbons (Fsp3) is 0.467. The van der Waals surface area contributed by atoms with E-state index in [0.29, 0.717) is 19.4 Å². The molecular weight excluding hydrogens is 422 g/mol. The average molecular weight is 448 g/mol. The van der Waals surface area contributed by atoms with E-state index in [4.69, 9.17) is 22.1 Å². The van der Waals surface area contributed by atoms with E-state index < -0.39 is 15.0 Å². The van der Waals surface area contributed by atoms with Crippen molar-refractivity contribution in [1.82, 2.24) is 19.9 Å². The van der Waals surface area contributed by atoms with Gasteiger partial charge in [0.15, 0.2) is 0 Å². The van der Waals surface area contributed by atoms with E-state index in [2.05, 4.69) is 24.8 Å². The van der Waals surface area contributed by atoms with Gasteiger partial charge in [0.1, 0.15) is 11.6 Å². The van der Waals surface area contributed by atoms with Gasteiger partial charge >= 0.3 is 15.0 Å². The monoisotopic (exact) mass is 448 g/mol. The lowest BCUT2D eigenvalue weighted by Gasteiger charge is -1.91. The van der Waals surface area contributed by atoms with Crippen LogP contribution in [-0.2, 0) is 26.8 Å². The summed E-state index contributed by atoms with van der Waals surface area (Å²) in [6, 6.07) is 0. The first-order chi connectivity index (χ1) is 13.0. The van der Waals surface area contributed by atoms with Crippen LogP contribution in [0.4, 0.5) is 0 Å². The van der Waals surface area contributed by atoms with Crippen LogP contribution in [0, 0.1) is 20.4 Å². The molecular formula is C15H26N6O6P2. The molecule has 0 aromatic carbocycles. The lowest BCUT2D eigenvalue weighted by Crippen LogP contribution is -2.11. The summed E-state index contributed by atoms with van der Waals surface area (Å²) in [7, 11) is -8.36. The van der Waals surface area contributed by atoms with Crippen molar-refractivity contribution in [3.05, 3.63) is 46.8 Å². The number of primary amides is 1. The molecule has 0 saturated carbocycles. The second-order valence-electron chi connectivity index (χ2n) is 5.37. The molecule has 12 nitrogen and oxygen atoms in total. The van der Waals surface area contributed by atoms with Crippen molar-refractivity contribution >= 4 is 20.9 Å². The first-order valence-electron chi connectivity index (χ1n) is 7.78. The van der Waals surface area contributed by atoms with E-state index in [9.17, 15) is 18.8 Å². The number of rotatable bonds is 6. The summed E-state index contributed by atoms with van der Waals surface area (Å²) in [6.07, 6.45) is 5.20. The molecule has 29 heavy (non-hydrogen) atoms. The number of nitrogens with zero attached hydrogens (tertiary/aromatic N) is 3. The Bertz CT molecular complexity index is 854. The molecule has 14 heteroatoms. The molecule has 2 aromatic heterocycles. The van der Waals surface area contributed by atoms with Gasteiger partial charge in [-0.05, 0) is 13.8 Å². The number of carbonyl (C=O) groups excluding carboxylic acids is 1. The molecule has 1 atom stereocenters. The van der Waals surface area contributed by atoms with Gasteiger partial charge in [-0.1, -0.05) is 12.0 Å². The van der Waals surface area contributed by atoms with Crippen LogP contribution in [0.3, 0.4) is 0 Å². The highest BCUT2D eigenvalue weighted by atomic mass is 32.1. The normalized spacial score (nSPS) is 10.3. The number of H-pyrrole nitrogens is 2. The topological polar surface area (TPSA) is 202 Å². The van der Waals surface area contributed by atoms with Gasteiger partial charge in [-0.25, -0.2) is 21.1 Å². The molecule has 0 aliphatic rings. The predicted octanol–water partition coefficient (Wildman–Crippen LogP) is 1.13. The fourth-order valence-electron chi connectivity index (χ4n) is 1.59. The number of carbonyl (C=O) groups is 1. The summed E-state index contributed by atoms with van der Waals surface area (Å²) in [6.45, 7) is 10.9. The SMILES string of the molecule is C.Cc1cnc(CCC(N)=O)[nH]1.O=[P+]([O-])P(=O)(O)O.[C-]#[N+]CCc1ncc(C)[nH]1. The van der Waals surface area contributed by atoms with E-state index in [-0.39, 0.29) is 13.3 Å². The quantitative estimate of drug-likeness (QED) is 0.319. The van der Waals surface area contributed by atoms with E-state index in [0.717, 1.165) is 29.5 Å². The Balaban J connectivity index is 0. The largest absolute Gasteiger partial charge is 0.588 e. The van der Waals surface area contributed by atoms with Crippen LogP contribution in [0.15, 0.2) is 12.4 Å². The predicted molar refractivity (Wildman–Crippen MR) is 106 cm³/mol. The van der Waals surface area contributed by atoms with Gasteiger partial charge in [0.05, 0.1) is 6.42 Å². The number of hydrogen-bond donors (Lipinski definition) is 5. The molecule has 0 aliphatic carbocycles. The first kappa shape index (κ1) is 28.8. The molecule has 2 heterocycles. The van der Waals surface area contributed by atoms with Crippen LogP contribution in [0.5, 0.6) is 0 Å². The minimum absolute atomic E-state index is 0. The third-order valence-electron chi connectivity index (χ3n) is 2.79. The van der Waals surface area contributed by atoms with Gasteiger partial charge in [0.25, 0.3) is 0 Å². The van der Waals surface area contributed by atoms with Crippen LogP contribution in [0.2, 0.25) is 0 Å². The number of aryl methyl sites for hydroxylation is 3. The van der Waals surface area contributed by atoms with Crippen LogP contribution in [-0.4, -0.2) is 42.2 Å². The maximum Gasteiger partial charge on any atom is 0.561 e. The lowest BCUT2D eigenvalue weighted by molar-refractivity contribution is -0.160.